The number of amides is 2. The molecule has 35 heavy (non-hydrogen) atoms. The van der Waals surface area contributed by atoms with E-state index in [0.717, 1.165) is 28.1 Å². The van der Waals surface area contributed by atoms with Crippen LogP contribution in [0.2, 0.25) is 5.02 Å². The summed E-state index contributed by atoms with van der Waals surface area (Å²) in [5.74, 6) is -0.693. The fourth-order valence-electron chi connectivity index (χ4n) is 3.69. The Hall–Kier alpha value is -2.58. The minimum atomic E-state index is -3.79. The summed E-state index contributed by atoms with van der Waals surface area (Å²) in [5, 5.41) is 3.37. The predicted octanol–water partition coefficient (Wildman–Crippen LogP) is 4.18. The molecule has 2 atom stereocenters. The van der Waals surface area contributed by atoms with Crippen molar-refractivity contribution >= 4 is 39.1 Å². The average molecular weight is 522 g/mol. The van der Waals surface area contributed by atoms with E-state index in [0.29, 0.717) is 23.6 Å². The van der Waals surface area contributed by atoms with Crippen molar-refractivity contribution in [3.8, 4) is 0 Å². The van der Waals surface area contributed by atoms with E-state index >= 15 is 0 Å². The van der Waals surface area contributed by atoms with Crippen molar-refractivity contribution in [1.82, 2.24) is 10.2 Å². The number of nitrogens with one attached hydrogen (secondary N) is 1. The second-order valence-electron chi connectivity index (χ2n) is 8.77. The SMILES string of the molecule is CC[C@H](C)NC(=O)[C@H](CC)N(CCc1ccccc1)C(=O)CN(c1ccc(C)c(Cl)c1)S(C)(=O)=O. The normalized spacial score (nSPS) is 13.1. The van der Waals surface area contributed by atoms with E-state index in [1.54, 1.807) is 12.1 Å². The van der Waals surface area contributed by atoms with Gasteiger partial charge in [0.15, 0.2) is 0 Å². The van der Waals surface area contributed by atoms with Crippen molar-refractivity contribution < 1.29 is 18.0 Å². The molecule has 0 unspecified atom stereocenters. The molecule has 0 saturated carbocycles. The highest BCUT2D eigenvalue weighted by molar-refractivity contribution is 7.92. The third kappa shape index (κ3) is 8.25. The maximum Gasteiger partial charge on any atom is 0.244 e. The largest absolute Gasteiger partial charge is 0.352 e. The molecular formula is C26H36ClN3O4S. The summed E-state index contributed by atoms with van der Waals surface area (Å²) in [6, 6.07) is 13.8. The van der Waals surface area contributed by atoms with Gasteiger partial charge in [-0.05, 0) is 56.4 Å². The van der Waals surface area contributed by atoms with Crippen molar-refractivity contribution in [2.24, 2.45) is 0 Å². The highest BCUT2D eigenvalue weighted by atomic mass is 35.5. The maximum absolute atomic E-state index is 13.6. The first-order valence-corrected chi connectivity index (χ1v) is 14.1. The summed E-state index contributed by atoms with van der Waals surface area (Å²) in [6.45, 7) is 7.39. The Morgan fingerprint density at radius 1 is 1.06 bits per heavy atom. The smallest absolute Gasteiger partial charge is 0.244 e. The fraction of sp³-hybridized carbons (Fsp3) is 0.462. The Morgan fingerprint density at radius 2 is 1.71 bits per heavy atom. The summed E-state index contributed by atoms with van der Waals surface area (Å²) in [7, 11) is -3.79. The number of hydrogen-bond donors (Lipinski definition) is 1. The van der Waals surface area contributed by atoms with Gasteiger partial charge in [-0.15, -0.1) is 0 Å². The van der Waals surface area contributed by atoms with Crippen LogP contribution in [0.4, 0.5) is 5.69 Å². The Morgan fingerprint density at radius 3 is 2.26 bits per heavy atom. The van der Waals surface area contributed by atoms with Crippen LogP contribution in [-0.2, 0) is 26.0 Å². The summed E-state index contributed by atoms with van der Waals surface area (Å²) < 4.78 is 26.3. The first-order valence-electron chi connectivity index (χ1n) is 11.9. The lowest BCUT2D eigenvalue weighted by Gasteiger charge is -2.33. The predicted molar refractivity (Wildman–Crippen MR) is 142 cm³/mol. The highest BCUT2D eigenvalue weighted by Gasteiger charge is 2.31. The quantitative estimate of drug-likeness (QED) is 0.454. The number of hydrogen-bond acceptors (Lipinski definition) is 4. The third-order valence-corrected chi connectivity index (χ3v) is 7.54. The van der Waals surface area contributed by atoms with E-state index in [1.807, 2.05) is 58.0 Å². The highest BCUT2D eigenvalue weighted by Crippen LogP contribution is 2.25. The summed E-state index contributed by atoms with van der Waals surface area (Å²) in [6.07, 6.45) is 2.75. The van der Waals surface area contributed by atoms with Crippen LogP contribution < -0.4 is 9.62 Å². The van der Waals surface area contributed by atoms with Gasteiger partial charge in [0, 0.05) is 17.6 Å². The molecule has 2 aromatic carbocycles. The van der Waals surface area contributed by atoms with Gasteiger partial charge in [0.05, 0.1) is 11.9 Å². The minimum Gasteiger partial charge on any atom is -0.352 e. The third-order valence-electron chi connectivity index (χ3n) is 5.99. The average Bonchev–Trinajstić information content (AvgIpc) is 2.81. The lowest BCUT2D eigenvalue weighted by Crippen LogP contribution is -2.54. The maximum atomic E-state index is 13.6. The number of nitrogens with zero attached hydrogens (tertiary/aromatic N) is 2. The molecule has 0 fully saturated rings. The number of rotatable bonds is 12. The first-order chi connectivity index (χ1) is 16.5. The summed E-state index contributed by atoms with van der Waals surface area (Å²) in [5.41, 5.74) is 2.12. The van der Waals surface area contributed by atoms with Crippen LogP contribution >= 0.6 is 11.6 Å². The van der Waals surface area contributed by atoms with Crippen LogP contribution in [0.3, 0.4) is 0 Å². The van der Waals surface area contributed by atoms with Gasteiger partial charge in [-0.1, -0.05) is 61.8 Å². The molecule has 0 aromatic heterocycles. The van der Waals surface area contributed by atoms with E-state index in [4.69, 9.17) is 11.6 Å². The molecule has 9 heteroatoms. The molecule has 0 aliphatic carbocycles. The molecular weight excluding hydrogens is 486 g/mol. The van der Waals surface area contributed by atoms with Gasteiger partial charge in [0.25, 0.3) is 0 Å². The first kappa shape index (κ1) is 28.7. The van der Waals surface area contributed by atoms with E-state index in [1.165, 1.54) is 11.0 Å². The summed E-state index contributed by atoms with van der Waals surface area (Å²) in [4.78, 5) is 28.2. The summed E-state index contributed by atoms with van der Waals surface area (Å²) >= 11 is 6.23. The van der Waals surface area contributed by atoms with Crippen molar-refractivity contribution in [2.45, 2.75) is 59.0 Å². The molecule has 0 aliphatic rings. The molecule has 7 nitrogen and oxygen atoms in total. The monoisotopic (exact) mass is 521 g/mol. The van der Waals surface area contributed by atoms with Gasteiger partial charge >= 0.3 is 0 Å². The number of halogens is 1. The Bertz CT molecular complexity index is 1110. The number of carbonyl (C=O) groups excluding carboxylic acids is 2. The van der Waals surface area contributed by atoms with Crippen LogP contribution in [-0.4, -0.2) is 56.6 Å². The van der Waals surface area contributed by atoms with Crippen LogP contribution in [0.1, 0.15) is 44.7 Å². The van der Waals surface area contributed by atoms with Crippen molar-refractivity contribution in [3.63, 3.8) is 0 Å². The Kier molecular flexibility index (Phi) is 10.6. The molecule has 0 radical (unpaired) electrons. The number of aryl methyl sites for hydroxylation is 1. The molecule has 192 valence electrons. The van der Waals surface area contributed by atoms with Crippen LogP contribution in [0.15, 0.2) is 48.5 Å². The molecule has 2 aromatic rings. The zero-order valence-electron chi connectivity index (χ0n) is 21.1. The lowest BCUT2D eigenvalue weighted by molar-refractivity contribution is -0.139. The zero-order valence-corrected chi connectivity index (χ0v) is 22.7. The van der Waals surface area contributed by atoms with Crippen molar-refractivity contribution in [2.75, 3.05) is 23.7 Å². The molecule has 0 spiro atoms. The van der Waals surface area contributed by atoms with Crippen LogP contribution in [0.5, 0.6) is 0 Å². The Labute approximate surface area is 214 Å². The fourth-order valence-corrected chi connectivity index (χ4v) is 4.70. The van der Waals surface area contributed by atoms with E-state index in [2.05, 4.69) is 5.32 Å². The second kappa shape index (κ2) is 12.9. The van der Waals surface area contributed by atoms with Crippen LogP contribution in [0, 0.1) is 6.92 Å². The van der Waals surface area contributed by atoms with Crippen molar-refractivity contribution in [1.29, 1.82) is 0 Å². The number of sulfonamides is 1. The topological polar surface area (TPSA) is 86.8 Å². The van der Waals surface area contributed by atoms with E-state index in [-0.39, 0.29) is 18.5 Å². The van der Waals surface area contributed by atoms with Gasteiger partial charge in [0.1, 0.15) is 12.6 Å². The number of anilines is 1. The minimum absolute atomic E-state index is 0.0372. The van der Waals surface area contributed by atoms with Gasteiger partial charge < -0.3 is 10.2 Å². The van der Waals surface area contributed by atoms with Gasteiger partial charge in [-0.3, -0.25) is 13.9 Å². The Balaban J connectivity index is 2.38. The lowest BCUT2D eigenvalue weighted by atomic mass is 10.1. The molecule has 0 aliphatic heterocycles. The second-order valence-corrected chi connectivity index (χ2v) is 11.1. The molecule has 2 rings (SSSR count). The molecule has 2 amide bonds. The zero-order chi connectivity index (χ0) is 26.2. The standard InChI is InChI=1S/C26H36ClN3O4S/c1-6-20(4)28-26(32)24(7-2)29(16-15-21-11-9-8-10-12-21)25(31)18-30(35(5,33)34)22-14-13-19(3)23(27)17-22/h8-14,17,20,24H,6-7,15-16,18H2,1-5H3,(H,28,32)/t20-,24-/m0/s1. The van der Waals surface area contributed by atoms with Crippen molar-refractivity contribution in [3.05, 3.63) is 64.7 Å². The molecule has 1 N–H and O–H groups in total. The number of carbonyl (C=O) groups is 2. The van der Waals surface area contributed by atoms with Gasteiger partial charge in [-0.2, -0.15) is 0 Å². The molecule has 0 heterocycles. The molecule has 0 saturated heterocycles. The molecule has 0 bridgehead atoms. The van der Waals surface area contributed by atoms with Gasteiger partial charge in [-0.25, -0.2) is 8.42 Å². The van der Waals surface area contributed by atoms with Crippen LogP contribution in [0.25, 0.3) is 0 Å². The number of benzene rings is 2. The van der Waals surface area contributed by atoms with Gasteiger partial charge in [0.2, 0.25) is 21.8 Å². The van der Waals surface area contributed by atoms with E-state index in [9.17, 15) is 18.0 Å². The van der Waals surface area contributed by atoms with E-state index < -0.39 is 28.5 Å².